The molecule has 3 N–H and O–H groups in total. The summed E-state index contributed by atoms with van der Waals surface area (Å²) in [6.07, 6.45) is 0.843. The first-order chi connectivity index (χ1) is 7.79. The van der Waals surface area contributed by atoms with Crippen LogP contribution in [-0.4, -0.2) is 30.3 Å². The van der Waals surface area contributed by atoms with Crippen LogP contribution >= 0.6 is 0 Å². The molecule has 0 amide bonds. The number of nitrogens with zero attached hydrogens (tertiary/aromatic N) is 1. The third-order valence-corrected chi connectivity index (χ3v) is 2.22. The van der Waals surface area contributed by atoms with Crippen molar-refractivity contribution < 1.29 is 9.47 Å². The number of aromatic amines is 1. The van der Waals surface area contributed by atoms with E-state index in [0.29, 0.717) is 24.9 Å². The lowest BCUT2D eigenvalue weighted by atomic mass is 10.3. The molecular weight excluding hydrogens is 206 g/mol. The van der Waals surface area contributed by atoms with E-state index in [2.05, 4.69) is 9.97 Å². The van der Waals surface area contributed by atoms with Crippen molar-refractivity contribution in [3.8, 4) is 6.01 Å². The summed E-state index contributed by atoms with van der Waals surface area (Å²) < 4.78 is 10.4. The maximum Gasteiger partial charge on any atom is 0.294 e. The van der Waals surface area contributed by atoms with Crippen LogP contribution in [-0.2, 0) is 4.74 Å². The lowest BCUT2D eigenvalue weighted by molar-refractivity contribution is 0.169. The highest BCUT2D eigenvalue weighted by atomic mass is 16.5. The number of nitrogens with one attached hydrogen (secondary N) is 1. The minimum atomic E-state index is 0.525. The van der Waals surface area contributed by atoms with Crippen molar-refractivity contribution in [2.24, 2.45) is 0 Å². The third kappa shape index (κ3) is 2.43. The predicted octanol–water partition coefficient (Wildman–Crippen LogP) is 1.56. The maximum atomic E-state index is 5.67. The fraction of sp³-hybridized carbons (Fsp3) is 0.364. The zero-order valence-electron chi connectivity index (χ0n) is 9.19. The van der Waals surface area contributed by atoms with Crippen molar-refractivity contribution in [1.29, 1.82) is 0 Å². The normalized spacial score (nSPS) is 10.8. The molecule has 0 unspecified atom stereocenters. The van der Waals surface area contributed by atoms with Crippen molar-refractivity contribution >= 4 is 16.7 Å². The first-order valence-corrected chi connectivity index (χ1v) is 5.16. The van der Waals surface area contributed by atoms with Gasteiger partial charge in [0.1, 0.15) is 0 Å². The summed E-state index contributed by atoms with van der Waals surface area (Å²) in [6, 6.07) is 6.04. The molecule has 0 radical (unpaired) electrons. The molecule has 1 aromatic heterocycles. The maximum absolute atomic E-state index is 5.67. The van der Waals surface area contributed by atoms with E-state index < -0.39 is 0 Å². The van der Waals surface area contributed by atoms with Gasteiger partial charge < -0.3 is 20.2 Å². The van der Waals surface area contributed by atoms with E-state index in [9.17, 15) is 0 Å². The van der Waals surface area contributed by atoms with Crippen LogP contribution in [0.3, 0.4) is 0 Å². The van der Waals surface area contributed by atoms with E-state index in [1.54, 1.807) is 7.11 Å². The molecule has 86 valence electrons. The largest absolute Gasteiger partial charge is 0.465 e. The Labute approximate surface area is 93.6 Å². The second-order valence-electron chi connectivity index (χ2n) is 3.51. The Morgan fingerprint density at radius 3 is 3.06 bits per heavy atom. The van der Waals surface area contributed by atoms with E-state index in [4.69, 9.17) is 15.2 Å². The van der Waals surface area contributed by atoms with Crippen LogP contribution in [0.5, 0.6) is 6.01 Å². The Hall–Kier alpha value is -1.75. The van der Waals surface area contributed by atoms with E-state index in [0.717, 1.165) is 17.5 Å². The zero-order chi connectivity index (χ0) is 11.4. The number of rotatable bonds is 5. The van der Waals surface area contributed by atoms with Crippen LogP contribution in [0.25, 0.3) is 11.0 Å². The summed E-state index contributed by atoms with van der Waals surface area (Å²) in [5, 5.41) is 0. The quantitative estimate of drug-likeness (QED) is 0.593. The molecule has 1 heterocycles. The minimum Gasteiger partial charge on any atom is -0.465 e. The van der Waals surface area contributed by atoms with E-state index in [1.807, 2.05) is 18.2 Å². The average molecular weight is 221 g/mol. The summed E-state index contributed by atoms with van der Waals surface area (Å²) >= 11 is 0. The second kappa shape index (κ2) is 4.85. The molecule has 0 spiro atoms. The number of anilines is 1. The number of aromatic nitrogens is 2. The molecule has 0 bridgehead atoms. The van der Waals surface area contributed by atoms with E-state index in [-0.39, 0.29) is 0 Å². The summed E-state index contributed by atoms with van der Waals surface area (Å²) in [5.41, 5.74) is 8.13. The first kappa shape index (κ1) is 10.8. The van der Waals surface area contributed by atoms with Gasteiger partial charge in [0, 0.05) is 25.8 Å². The third-order valence-electron chi connectivity index (χ3n) is 2.22. The standard InChI is InChI=1S/C11H15N3O2/c1-15-5-2-6-16-11-13-9-4-3-8(12)7-10(9)14-11/h3-4,7H,2,5-6,12H2,1H3,(H,13,14). The Kier molecular flexibility index (Phi) is 3.26. The Bertz CT molecular complexity index is 467. The van der Waals surface area contributed by atoms with Crippen LogP contribution in [0.4, 0.5) is 5.69 Å². The van der Waals surface area contributed by atoms with Crippen LogP contribution in [0, 0.1) is 0 Å². The molecule has 5 heteroatoms. The van der Waals surface area contributed by atoms with Gasteiger partial charge in [-0.15, -0.1) is 0 Å². The number of H-pyrrole nitrogens is 1. The van der Waals surface area contributed by atoms with Crippen molar-refractivity contribution in [2.45, 2.75) is 6.42 Å². The summed E-state index contributed by atoms with van der Waals surface area (Å²) in [4.78, 5) is 7.34. The molecule has 16 heavy (non-hydrogen) atoms. The van der Waals surface area contributed by atoms with Gasteiger partial charge in [0.2, 0.25) is 0 Å². The molecule has 0 aliphatic rings. The highest BCUT2D eigenvalue weighted by Gasteiger charge is 2.03. The Morgan fingerprint density at radius 2 is 2.25 bits per heavy atom. The fourth-order valence-corrected chi connectivity index (χ4v) is 1.44. The number of ether oxygens (including phenoxy) is 2. The van der Waals surface area contributed by atoms with Gasteiger partial charge in [0.05, 0.1) is 17.6 Å². The molecule has 0 atom stereocenters. The molecule has 2 rings (SSSR count). The Balaban J connectivity index is 2.02. The number of nitrogen functional groups attached to an aromatic ring is 1. The van der Waals surface area contributed by atoms with Crippen LogP contribution < -0.4 is 10.5 Å². The van der Waals surface area contributed by atoms with Crippen LogP contribution in [0.2, 0.25) is 0 Å². The van der Waals surface area contributed by atoms with Crippen LogP contribution in [0.15, 0.2) is 18.2 Å². The first-order valence-electron chi connectivity index (χ1n) is 5.16. The van der Waals surface area contributed by atoms with Gasteiger partial charge in [0.15, 0.2) is 0 Å². The molecule has 5 nitrogen and oxygen atoms in total. The minimum absolute atomic E-state index is 0.525. The number of nitrogens with two attached hydrogens (primary N) is 1. The lowest BCUT2D eigenvalue weighted by Crippen LogP contribution is -2.02. The van der Waals surface area contributed by atoms with Crippen LogP contribution in [0.1, 0.15) is 6.42 Å². The molecule has 0 saturated heterocycles. The van der Waals surface area contributed by atoms with E-state index >= 15 is 0 Å². The van der Waals surface area contributed by atoms with Gasteiger partial charge in [0.25, 0.3) is 6.01 Å². The van der Waals surface area contributed by atoms with Crippen molar-refractivity contribution in [3.63, 3.8) is 0 Å². The SMILES string of the molecule is COCCCOc1nc2ccc(N)cc2[nH]1. The van der Waals surface area contributed by atoms with Gasteiger partial charge >= 0.3 is 0 Å². The van der Waals surface area contributed by atoms with Gasteiger partial charge in [-0.1, -0.05) is 0 Å². The van der Waals surface area contributed by atoms with Gasteiger partial charge in [-0.25, -0.2) is 0 Å². The molecule has 0 aliphatic heterocycles. The lowest BCUT2D eigenvalue weighted by Gasteiger charge is -2.00. The summed E-state index contributed by atoms with van der Waals surface area (Å²) in [6.45, 7) is 1.27. The highest BCUT2D eigenvalue weighted by molar-refractivity contribution is 5.79. The number of methoxy groups -OCH3 is 1. The predicted molar refractivity (Wildman–Crippen MR) is 62.5 cm³/mol. The number of imidazole rings is 1. The van der Waals surface area contributed by atoms with Crippen molar-refractivity contribution in [3.05, 3.63) is 18.2 Å². The van der Waals surface area contributed by atoms with E-state index in [1.165, 1.54) is 0 Å². The van der Waals surface area contributed by atoms with Gasteiger partial charge in [-0.3, -0.25) is 0 Å². The molecule has 0 fully saturated rings. The average Bonchev–Trinajstić information content (AvgIpc) is 2.66. The van der Waals surface area contributed by atoms with Gasteiger partial charge in [-0.05, 0) is 18.2 Å². The highest BCUT2D eigenvalue weighted by Crippen LogP contribution is 2.18. The molecule has 0 aliphatic carbocycles. The van der Waals surface area contributed by atoms with Gasteiger partial charge in [-0.2, -0.15) is 4.98 Å². The Morgan fingerprint density at radius 1 is 1.38 bits per heavy atom. The molecular formula is C11H15N3O2. The fourth-order valence-electron chi connectivity index (χ4n) is 1.44. The number of hydrogen-bond acceptors (Lipinski definition) is 4. The smallest absolute Gasteiger partial charge is 0.294 e. The monoisotopic (exact) mass is 221 g/mol. The molecule has 1 aromatic carbocycles. The molecule has 2 aromatic rings. The van der Waals surface area contributed by atoms with Crippen molar-refractivity contribution in [2.75, 3.05) is 26.1 Å². The summed E-state index contributed by atoms with van der Waals surface area (Å²) in [5.74, 6) is 0. The summed E-state index contributed by atoms with van der Waals surface area (Å²) in [7, 11) is 1.67. The number of hydrogen-bond donors (Lipinski definition) is 2. The topological polar surface area (TPSA) is 73.2 Å². The molecule has 0 saturated carbocycles. The second-order valence-corrected chi connectivity index (χ2v) is 3.51. The number of benzene rings is 1. The number of fused-ring (bicyclic) bond motifs is 1. The van der Waals surface area contributed by atoms with Crippen molar-refractivity contribution in [1.82, 2.24) is 9.97 Å². The zero-order valence-corrected chi connectivity index (χ0v) is 9.19.